The molecule has 0 aliphatic carbocycles. The largest absolute Gasteiger partial charge is 0.380 e. The molecule has 1 aromatic carbocycles. The highest BCUT2D eigenvalue weighted by Crippen LogP contribution is 2.30. The van der Waals surface area contributed by atoms with Gasteiger partial charge in [0.2, 0.25) is 0 Å². The molecule has 2 unspecified atom stereocenters. The smallest absolute Gasteiger partial charge is 0.0593 e. The lowest BCUT2D eigenvalue weighted by Gasteiger charge is -2.35. The van der Waals surface area contributed by atoms with Crippen molar-refractivity contribution < 1.29 is 4.74 Å². The summed E-state index contributed by atoms with van der Waals surface area (Å²) in [6, 6.07) is 8.70. The van der Waals surface area contributed by atoms with Gasteiger partial charge in [0.1, 0.15) is 0 Å². The highest BCUT2D eigenvalue weighted by atomic mass is 79.9. The Labute approximate surface area is 131 Å². The number of hydrogen-bond donors (Lipinski definition) is 1. The summed E-state index contributed by atoms with van der Waals surface area (Å²) in [5.74, 6) is 0. The van der Waals surface area contributed by atoms with Crippen molar-refractivity contribution in [2.45, 2.75) is 39.3 Å². The van der Waals surface area contributed by atoms with E-state index in [0.717, 1.165) is 37.2 Å². The molecule has 0 aromatic heterocycles. The molecule has 0 saturated heterocycles. The van der Waals surface area contributed by atoms with Gasteiger partial charge in [-0.05, 0) is 31.5 Å². The minimum atomic E-state index is 0.121. The first kappa shape index (κ1) is 17.6. The summed E-state index contributed by atoms with van der Waals surface area (Å²) < 4.78 is 6.63. The molecule has 20 heavy (non-hydrogen) atoms. The van der Waals surface area contributed by atoms with Gasteiger partial charge in [0.05, 0.1) is 12.6 Å². The van der Waals surface area contributed by atoms with Crippen LogP contribution >= 0.6 is 15.9 Å². The van der Waals surface area contributed by atoms with Crippen LogP contribution < -0.4 is 5.73 Å². The maximum Gasteiger partial charge on any atom is 0.0593 e. The number of nitrogens with zero attached hydrogens (tertiary/aromatic N) is 1. The first-order chi connectivity index (χ1) is 9.65. The van der Waals surface area contributed by atoms with Crippen molar-refractivity contribution in [1.82, 2.24) is 4.90 Å². The van der Waals surface area contributed by atoms with Crippen molar-refractivity contribution in [3.63, 3.8) is 0 Å². The molecule has 0 fully saturated rings. The Kier molecular flexibility index (Phi) is 8.38. The van der Waals surface area contributed by atoms with Gasteiger partial charge in [0, 0.05) is 23.7 Å². The molecule has 0 heterocycles. The Morgan fingerprint density at radius 2 is 1.95 bits per heavy atom. The summed E-state index contributed by atoms with van der Waals surface area (Å²) in [5, 5.41) is 0. The maximum atomic E-state index is 6.40. The van der Waals surface area contributed by atoms with Crippen LogP contribution in [0.4, 0.5) is 0 Å². The van der Waals surface area contributed by atoms with Crippen molar-refractivity contribution in [2.24, 2.45) is 5.73 Å². The van der Waals surface area contributed by atoms with Crippen LogP contribution in [-0.4, -0.2) is 37.2 Å². The Balaban J connectivity index is 2.95. The monoisotopic (exact) mass is 342 g/mol. The second kappa shape index (κ2) is 9.50. The molecular formula is C16H27BrN2O. The lowest BCUT2D eigenvalue weighted by molar-refractivity contribution is 0.0886. The zero-order valence-electron chi connectivity index (χ0n) is 12.8. The second-order valence-corrected chi connectivity index (χ2v) is 5.72. The molecule has 1 aromatic rings. The van der Waals surface area contributed by atoms with E-state index in [-0.39, 0.29) is 12.1 Å². The van der Waals surface area contributed by atoms with E-state index in [2.05, 4.69) is 52.9 Å². The summed E-state index contributed by atoms with van der Waals surface area (Å²) in [6.07, 6.45) is 0.955. The van der Waals surface area contributed by atoms with E-state index in [0.29, 0.717) is 0 Å². The normalized spacial score (nSPS) is 14.5. The number of ether oxygens (including phenoxy) is 1. The number of likely N-dealkylation sites (N-methyl/N-ethyl adjacent to an activating group) is 1. The molecule has 2 atom stereocenters. The van der Waals surface area contributed by atoms with Crippen molar-refractivity contribution in [3.8, 4) is 0 Å². The summed E-state index contributed by atoms with van der Waals surface area (Å²) >= 11 is 3.66. The molecule has 1 rings (SSSR count). The Bertz CT molecular complexity index is 386. The number of hydrogen-bond acceptors (Lipinski definition) is 3. The quantitative estimate of drug-likeness (QED) is 0.697. The second-order valence-electron chi connectivity index (χ2n) is 4.86. The number of rotatable bonds is 9. The first-order valence-corrected chi connectivity index (χ1v) is 8.26. The number of nitrogens with two attached hydrogens (primary N) is 1. The van der Waals surface area contributed by atoms with E-state index in [1.165, 1.54) is 5.56 Å². The molecule has 0 saturated carbocycles. The molecule has 3 nitrogen and oxygen atoms in total. The predicted octanol–water partition coefficient (Wildman–Crippen LogP) is 3.59. The molecule has 4 heteroatoms. The zero-order chi connectivity index (χ0) is 15.0. The highest BCUT2D eigenvalue weighted by molar-refractivity contribution is 9.10. The minimum Gasteiger partial charge on any atom is -0.380 e. The molecule has 0 bridgehead atoms. The summed E-state index contributed by atoms with van der Waals surface area (Å²) in [7, 11) is 0. The van der Waals surface area contributed by atoms with Gasteiger partial charge in [-0.1, -0.05) is 48.0 Å². The van der Waals surface area contributed by atoms with Gasteiger partial charge in [0.25, 0.3) is 0 Å². The number of halogens is 1. The number of benzene rings is 1. The highest BCUT2D eigenvalue weighted by Gasteiger charge is 2.26. The Morgan fingerprint density at radius 1 is 1.25 bits per heavy atom. The van der Waals surface area contributed by atoms with Crippen LogP contribution in [0.3, 0.4) is 0 Å². The van der Waals surface area contributed by atoms with Crippen LogP contribution in [0.1, 0.15) is 38.8 Å². The maximum absolute atomic E-state index is 6.40. The van der Waals surface area contributed by atoms with Crippen LogP contribution in [0, 0.1) is 0 Å². The van der Waals surface area contributed by atoms with Crippen LogP contribution in [0.25, 0.3) is 0 Å². The molecule has 0 aliphatic heterocycles. The van der Waals surface area contributed by atoms with Crippen LogP contribution in [0.2, 0.25) is 0 Å². The van der Waals surface area contributed by atoms with Gasteiger partial charge in [-0.3, -0.25) is 4.90 Å². The lowest BCUT2D eigenvalue weighted by atomic mass is 9.96. The predicted molar refractivity (Wildman–Crippen MR) is 88.9 cm³/mol. The summed E-state index contributed by atoms with van der Waals surface area (Å²) in [4.78, 5) is 2.41. The standard InChI is InChI=1S/C16H27BrN2O/c1-4-15(18)16(13-9-7-8-10-14(13)17)19(5-2)11-12-20-6-3/h7-10,15-16H,4-6,11-12,18H2,1-3H3. The van der Waals surface area contributed by atoms with E-state index in [1.807, 2.05) is 13.0 Å². The third-order valence-corrected chi connectivity index (χ3v) is 4.35. The van der Waals surface area contributed by atoms with Gasteiger partial charge in [-0.2, -0.15) is 0 Å². The molecular weight excluding hydrogens is 316 g/mol. The average molecular weight is 343 g/mol. The van der Waals surface area contributed by atoms with E-state index in [4.69, 9.17) is 10.5 Å². The first-order valence-electron chi connectivity index (χ1n) is 7.47. The third-order valence-electron chi connectivity index (χ3n) is 3.63. The van der Waals surface area contributed by atoms with E-state index < -0.39 is 0 Å². The average Bonchev–Trinajstić information content (AvgIpc) is 2.47. The zero-order valence-corrected chi connectivity index (χ0v) is 14.4. The lowest BCUT2D eigenvalue weighted by Crippen LogP contribution is -2.42. The van der Waals surface area contributed by atoms with Crippen molar-refractivity contribution in [1.29, 1.82) is 0 Å². The van der Waals surface area contributed by atoms with Crippen LogP contribution in [-0.2, 0) is 4.74 Å². The van der Waals surface area contributed by atoms with Crippen molar-refractivity contribution >= 4 is 15.9 Å². The van der Waals surface area contributed by atoms with Gasteiger partial charge in [-0.15, -0.1) is 0 Å². The van der Waals surface area contributed by atoms with Gasteiger partial charge < -0.3 is 10.5 Å². The molecule has 0 aliphatic rings. The fourth-order valence-electron chi connectivity index (χ4n) is 2.46. The molecule has 114 valence electrons. The van der Waals surface area contributed by atoms with Gasteiger partial charge in [0.15, 0.2) is 0 Å². The van der Waals surface area contributed by atoms with E-state index in [9.17, 15) is 0 Å². The summed E-state index contributed by atoms with van der Waals surface area (Å²) in [5.41, 5.74) is 7.66. The van der Waals surface area contributed by atoms with E-state index in [1.54, 1.807) is 0 Å². The SMILES string of the molecule is CCOCCN(CC)C(c1ccccc1Br)C(N)CC. The van der Waals surface area contributed by atoms with Gasteiger partial charge in [-0.25, -0.2) is 0 Å². The topological polar surface area (TPSA) is 38.5 Å². The minimum absolute atomic E-state index is 0.121. The van der Waals surface area contributed by atoms with Crippen LogP contribution in [0.5, 0.6) is 0 Å². The van der Waals surface area contributed by atoms with Crippen LogP contribution in [0.15, 0.2) is 28.7 Å². The molecule has 2 N–H and O–H groups in total. The van der Waals surface area contributed by atoms with Crippen molar-refractivity contribution in [2.75, 3.05) is 26.3 Å². The Morgan fingerprint density at radius 3 is 2.50 bits per heavy atom. The Hall–Kier alpha value is -0.420. The van der Waals surface area contributed by atoms with Crippen molar-refractivity contribution in [3.05, 3.63) is 34.3 Å². The van der Waals surface area contributed by atoms with Gasteiger partial charge >= 0.3 is 0 Å². The van der Waals surface area contributed by atoms with E-state index >= 15 is 0 Å². The molecule has 0 radical (unpaired) electrons. The molecule has 0 amide bonds. The molecule has 0 spiro atoms. The summed E-state index contributed by atoms with van der Waals surface area (Å²) in [6.45, 7) is 9.73. The fraction of sp³-hybridized carbons (Fsp3) is 0.625. The fourth-order valence-corrected chi connectivity index (χ4v) is 2.98. The third kappa shape index (κ3) is 4.85.